The van der Waals surface area contributed by atoms with Crippen LogP contribution in [0.4, 0.5) is 0 Å². The first-order chi connectivity index (χ1) is 8.79. The van der Waals surface area contributed by atoms with E-state index in [0.29, 0.717) is 6.54 Å². The predicted octanol–water partition coefficient (Wildman–Crippen LogP) is 1.22. The van der Waals surface area contributed by atoms with Crippen LogP contribution in [-0.2, 0) is 9.53 Å². The van der Waals surface area contributed by atoms with Gasteiger partial charge >= 0.3 is 0 Å². The number of carbonyl (C=O) groups excluding carboxylic acids is 1. The SMILES string of the molecule is N#C/C(=C\c1ccc[nH]1)C(=O)NC[C@@H]1CCCO1. The number of ether oxygens (including phenoxy) is 1. The summed E-state index contributed by atoms with van der Waals surface area (Å²) in [6.45, 7) is 1.21. The first-order valence-corrected chi connectivity index (χ1v) is 5.94. The molecule has 0 unspecified atom stereocenters. The minimum Gasteiger partial charge on any atom is -0.376 e. The maximum absolute atomic E-state index is 11.8. The van der Waals surface area contributed by atoms with Gasteiger partial charge in [0, 0.05) is 25.0 Å². The lowest BCUT2D eigenvalue weighted by Gasteiger charge is -2.09. The second-order valence-electron chi connectivity index (χ2n) is 4.14. The molecule has 5 nitrogen and oxygen atoms in total. The van der Waals surface area contributed by atoms with Crippen molar-refractivity contribution < 1.29 is 9.53 Å². The highest BCUT2D eigenvalue weighted by atomic mass is 16.5. The number of hydrogen-bond acceptors (Lipinski definition) is 3. The molecule has 0 radical (unpaired) electrons. The highest BCUT2D eigenvalue weighted by Gasteiger charge is 2.17. The fraction of sp³-hybridized carbons (Fsp3) is 0.385. The molecule has 5 heteroatoms. The Morgan fingerprint density at radius 3 is 3.22 bits per heavy atom. The summed E-state index contributed by atoms with van der Waals surface area (Å²) in [6.07, 6.45) is 5.35. The summed E-state index contributed by atoms with van der Waals surface area (Å²) in [7, 11) is 0. The third-order valence-electron chi connectivity index (χ3n) is 2.80. The van der Waals surface area contributed by atoms with E-state index in [1.54, 1.807) is 12.3 Å². The van der Waals surface area contributed by atoms with Gasteiger partial charge in [0.15, 0.2) is 0 Å². The van der Waals surface area contributed by atoms with Crippen LogP contribution in [0.25, 0.3) is 6.08 Å². The summed E-state index contributed by atoms with van der Waals surface area (Å²) >= 11 is 0. The second-order valence-corrected chi connectivity index (χ2v) is 4.14. The largest absolute Gasteiger partial charge is 0.376 e. The van der Waals surface area contributed by atoms with Crippen molar-refractivity contribution in [1.29, 1.82) is 5.26 Å². The molecule has 0 aliphatic carbocycles. The van der Waals surface area contributed by atoms with Crippen LogP contribution in [0, 0.1) is 11.3 Å². The molecule has 0 saturated carbocycles. The van der Waals surface area contributed by atoms with Gasteiger partial charge in [-0.3, -0.25) is 4.79 Å². The van der Waals surface area contributed by atoms with Crippen LogP contribution in [0.15, 0.2) is 23.9 Å². The molecule has 2 N–H and O–H groups in total. The van der Waals surface area contributed by atoms with Crippen molar-refractivity contribution in [2.45, 2.75) is 18.9 Å². The number of aromatic nitrogens is 1. The molecule has 1 aliphatic rings. The Balaban J connectivity index is 1.91. The Labute approximate surface area is 105 Å². The van der Waals surface area contributed by atoms with Gasteiger partial charge in [-0.05, 0) is 31.1 Å². The molecule has 0 aromatic carbocycles. The van der Waals surface area contributed by atoms with Crippen LogP contribution in [-0.4, -0.2) is 30.1 Å². The second kappa shape index (κ2) is 6.03. The van der Waals surface area contributed by atoms with Crippen LogP contribution in [0.2, 0.25) is 0 Å². The highest BCUT2D eigenvalue weighted by molar-refractivity contribution is 6.01. The molecule has 0 bridgehead atoms. The highest BCUT2D eigenvalue weighted by Crippen LogP contribution is 2.11. The van der Waals surface area contributed by atoms with Gasteiger partial charge in [-0.15, -0.1) is 0 Å². The summed E-state index contributed by atoms with van der Waals surface area (Å²) in [5.74, 6) is -0.359. The topological polar surface area (TPSA) is 77.9 Å². The Morgan fingerprint density at radius 2 is 2.61 bits per heavy atom. The van der Waals surface area contributed by atoms with Crippen molar-refractivity contribution in [3.05, 3.63) is 29.6 Å². The van der Waals surface area contributed by atoms with Crippen LogP contribution < -0.4 is 5.32 Å². The quantitative estimate of drug-likeness (QED) is 0.618. The van der Waals surface area contributed by atoms with Gasteiger partial charge in [0.05, 0.1) is 6.10 Å². The Hall–Kier alpha value is -2.06. The summed E-state index contributed by atoms with van der Waals surface area (Å²) < 4.78 is 5.40. The molecule has 1 fully saturated rings. The van der Waals surface area contributed by atoms with Gasteiger partial charge in [0.25, 0.3) is 5.91 Å². The molecule has 1 aromatic rings. The standard InChI is InChI=1S/C13H15N3O2/c14-8-10(7-11-3-1-5-15-11)13(17)16-9-12-4-2-6-18-12/h1,3,5,7,12,15H,2,4,6,9H2,(H,16,17)/b10-7+/t12-/m0/s1. The molecule has 18 heavy (non-hydrogen) atoms. The summed E-state index contributed by atoms with van der Waals surface area (Å²) in [5.41, 5.74) is 0.828. The van der Waals surface area contributed by atoms with Crippen LogP contribution in [0.5, 0.6) is 0 Å². The normalized spacial score (nSPS) is 19.5. The number of nitrogens with one attached hydrogen (secondary N) is 2. The van der Waals surface area contributed by atoms with E-state index in [2.05, 4.69) is 10.3 Å². The zero-order chi connectivity index (χ0) is 12.8. The number of carbonyl (C=O) groups is 1. The Morgan fingerprint density at radius 1 is 1.72 bits per heavy atom. The number of nitrogens with zero attached hydrogens (tertiary/aromatic N) is 1. The number of H-pyrrole nitrogens is 1. The zero-order valence-electron chi connectivity index (χ0n) is 9.98. The molecule has 0 spiro atoms. The van der Waals surface area contributed by atoms with E-state index in [4.69, 9.17) is 10.00 Å². The Kier molecular flexibility index (Phi) is 4.15. The molecule has 1 amide bonds. The fourth-order valence-corrected chi connectivity index (χ4v) is 1.85. The average molecular weight is 245 g/mol. The average Bonchev–Trinajstić information content (AvgIpc) is 3.06. The van der Waals surface area contributed by atoms with Gasteiger partial charge in [0.2, 0.25) is 0 Å². The van der Waals surface area contributed by atoms with Crippen molar-refractivity contribution in [2.24, 2.45) is 0 Å². The minimum absolute atomic E-state index is 0.0828. The maximum Gasteiger partial charge on any atom is 0.262 e. The van der Waals surface area contributed by atoms with E-state index in [1.807, 2.05) is 12.1 Å². The fourth-order valence-electron chi connectivity index (χ4n) is 1.85. The summed E-state index contributed by atoms with van der Waals surface area (Å²) in [4.78, 5) is 14.7. The number of rotatable bonds is 4. The number of amides is 1. The van der Waals surface area contributed by atoms with E-state index < -0.39 is 0 Å². The summed E-state index contributed by atoms with van der Waals surface area (Å²) in [6, 6.07) is 5.51. The van der Waals surface area contributed by atoms with E-state index in [0.717, 1.165) is 25.1 Å². The van der Waals surface area contributed by atoms with Crippen LogP contribution in [0.3, 0.4) is 0 Å². The molecule has 1 aromatic heterocycles. The van der Waals surface area contributed by atoms with Gasteiger partial charge in [-0.25, -0.2) is 0 Å². The molecule has 1 saturated heterocycles. The van der Waals surface area contributed by atoms with Gasteiger partial charge in [-0.1, -0.05) is 0 Å². The third kappa shape index (κ3) is 3.22. The predicted molar refractivity (Wildman–Crippen MR) is 66.4 cm³/mol. The third-order valence-corrected chi connectivity index (χ3v) is 2.80. The Bertz CT molecular complexity index is 465. The minimum atomic E-state index is -0.359. The van der Waals surface area contributed by atoms with Crippen LogP contribution in [0.1, 0.15) is 18.5 Å². The van der Waals surface area contributed by atoms with Gasteiger partial charge in [0.1, 0.15) is 11.6 Å². The number of nitriles is 1. The molecule has 2 heterocycles. The van der Waals surface area contributed by atoms with Gasteiger partial charge < -0.3 is 15.0 Å². The van der Waals surface area contributed by atoms with E-state index in [9.17, 15) is 4.79 Å². The van der Waals surface area contributed by atoms with Crippen molar-refractivity contribution in [3.8, 4) is 6.07 Å². The van der Waals surface area contributed by atoms with Gasteiger partial charge in [-0.2, -0.15) is 5.26 Å². The first-order valence-electron chi connectivity index (χ1n) is 5.94. The zero-order valence-corrected chi connectivity index (χ0v) is 9.98. The van der Waals surface area contributed by atoms with E-state index >= 15 is 0 Å². The van der Waals surface area contributed by atoms with Crippen LogP contribution >= 0.6 is 0 Å². The first kappa shape index (κ1) is 12.4. The number of aromatic amines is 1. The van der Waals surface area contributed by atoms with Crippen molar-refractivity contribution in [1.82, 2.24) is 10.3 Å². The van der Waals surface area contributed by atoms with Crippen molar-refractivity contribution in [3.63, 3.8) is 0 Å². The van der Waals surface area contributed by atoms with Crippen molar-refractivity contribution >= 4 is 12.0 Å². The molecule has 1 aliphatic heterocycles. The van der Waals surface area contributed by atoms with Crippen molar-refractivity contribution in [2.75, 3.05) is 13.2 Å². The maximum atomic E-state index is 11.8. The smallest absolute Gasteiger partial charge is 0.262 e. The molecular weight excluding hydrogens is 230 g/mol. The summed E-state index contributed by atoms with van der Waals surface area (Å²) in [5, 5.41) is 11.7. The lowest BCUT2D eigenvalue weighted by Crippen LogP contribution is -2.32. The monoisotopic (exact) mass is 245 g/mol. The lowest BCUT2D eigenvalue weighted by atomic mass is 10.2. The van der Waals surface area contributed by atoms with E-state index in [1.165, 1.54) is 6.08 Å². The molecule has 2 rings (SSSR count). The van der Waals surface area contributed by atoms with E-state index in [-0.39, 0.29) is 17.6 Å². The molecular formula is C13H15N3O2. The number of hydrogen-bond donors (Lipinski definition) is 2. The lowest BCUT2D eigenvalue weighted by molar-refractivity contribution is -0.117. The molecule has 1 atom stereocenters. The molecule has 94 valence electrons.